The van der Waals surface area contributed by atoms with Crippen LogP contribution in [0.4, 0.5) is 5.69 Å². The third-order valence-electron chi connectivity index (χ3n) is 5.57. The monoisotopic (exact) mass is 414 g/mol. The van der Waals surface area contributed by atoms with Crippen LogP contribution < -0.4 is 11.1 Å². The smallest absolute Gasteiger partial charge is 0.197 e. The van der Waals surface area contributed by atoms with E-state index in [1.165, 1.54) is 6.26 Å². The lowest BCUT2D eigenvalue weighted by Gasteiger charge is -2.19. The lowest BCUT2D eigenvalue weighted by molar-refractivity contribution is 0.0987. The van der Waals surface area contributed by atoms with Crippen LogP contribution in [-0.4, -0.2) is 39.0 Å². The Balaban J connectivity index is 1.36. The molecule has 1 fully saturated rings. The van der Waals surface area contributed by atoms with Crippen molar-refractivity contribution >= 4 is 22.4 Å². The van der Waals surface area contributed by atoms with Gasteiger partial charge in [0.2, 0.25) is 0 Å². The second-order valence-corrected chi connectivity index (χ2v) is 7.81. The zero-order chi connectivity index (χ0) is 21.2. The van der Waals surface area contributed by atoms with E-state index in [2.05, 4.69) is 25.5 Å². The number of fused-ring (bicyclic) bond motifs is 1. The number of hydrogen-bond acceptors (Lipinski definition) is 8. The number of carbonyl (C=O) groups is 1. The maximum atomic E-state index is 12.7. The molecule has 1 saturated heterocycles. The molecular formula is C23H22N6O2. The minimum absolute atomic E-state index is 0.116. The second kappa shape index (κ2) is 8.23. The summed E-state index contributed by atoms with van der Waals surface area (Å²) in [7, 11) is 0. The van der Waals surface area contributed by atoms with Crippen LogP contribution >= 0.6 is 0 Å². The molecule has 0 unspecified atom stereocenters. The molecule has 0 radical (unpaired) electrons. The SMILES string of the molecule is Nc1cncc(-c2ccc3nnc(CC(=O)c4coc(C5CCNCC5)n4)cc3c2)c1. The van der Waals surface area contributed by atoms with E-state index in [9.17, 15) is 4.79 Å². The summed E-state index contributed by atoms with van der Waals surface area (Å²) in [5.41, 5.74) is 10.0. The van der Waals surface area contributed by atoms with Crippen LogP contribution in [-0.2, 0) is 6.42 Å². The van der Waals surface area contributed by atoms with Crippen molar-refractivity contribution in [2.24, 2.45) is 0 Å². The number of Topliss-reactive ketones (excluding diaryl/α,β-unsaturated/α-hetero) is 1. The maximum absolute atomic E-state index is 12.7. The molecule has 1 aliphatic rings. The van der Waals surface area contributed by atoms with Crippen molar-refractivity contribution in [3.63, 3.8) is 0 Å². The highest BCUT2D eigenvalue weighted by Crippen LogP contribution is 2.26. The van der Waals surface area contributed by atoms with Crippen LogP contribution in [0.5, 0.6) is 0 Å². The normalized spacial score (nSPS) is 14.7. The predicted octanol–water partition coefficient (Wildman–Crippen LogP) is 3.15. The second-order valence-electron chi connectivity index (χ2n) is 7.81. The van der Waals surface area contributed by atoms with Gasteiger partial charge in [-0.2, -0.15) is 10.2 Å². The number of aromatic nitrogens is 4. The van der Waals surface area contributed by atoms with Gasteiger partial charge in [-0.05, 0) is 55.8 Å². The van der Waals surface area contributed by atoms with Gasteiger partial charge in [-0.3, -0.25) is 9.78 Å². The number of nitrogens with one attached hydrogen (secondary N) is 1. The lowest BCUT2D eigenvalue weighted by atomic mass is 9.98. The molecular weight excluding hydrogens is 392 g/mol. The van der Waals surface area contributed by atoms with E-state index in [1.54, 1.807) is 12.4 Å². The number of ketones is 1. The molecule has 4 aromatic rings. The first-order chi connectivity index (χ1) is 15.2. The molecule has 0 atom stereocenters. The summed E-state index contributed by atoms with van der Waals surface area (Å²) < 4.78 is 5.60. The zero-order valence-corrected chi connectivity index (χ0v) is 16.9. The fraction of sp³-hybridized carbons (Fsp3) is 0.261. The predicted molar refractivity (Wildman–Crippen MR) is 117 cm³/mol. The minimum Gasteiger partial charge on any atom is -0.448 e. The molecule has 31 heavy (non-hydrogen) atoms. The molecule has 1 aromatic carbocycles. The Morgan fingerprint density at radius 1 is 1.10 bits per heavy atom. The summed E-state index contributed by atoms with van der Waals surface area (Å²) in [5, 5.41) is 12.7. The van der Waals surface area contributed by atoms with Gasteiger partial charge < -0.3 is 15.5 Å². The molecule has 0 bridgehead atoms. The molecule has 8 nitrogen and oxygen atoms in total. The number of nitrogen functional groups attached to an aromatic ring is 1. The summed E-state index contributed by atoms with van der Waals surface area (Å²) >= 11 is 0. The number of nitrogens with two attached hydrogens (primary N) is 1. The van der Waals surface area contributed by atoms with Crippen molar-refractivity contribution in [3.8, 4) is 11.1 Å². The number of benzene rings is 1. The van der Waals surface area contributed by atoms with Gasteiger partial charge >= 0.3 is 0 Å². The van der Waals surface area contributed by atoms with Gasteiger partial charge in [-0.25, -0.2) is 4.98 Å². The molecule has 156 valence electrons. The summed E-state index contributed by atoms with van der Waals surface area (Å²) in [4.78, 5) is 21.3. The first-order valence-electron chi connectivity index (χ1n) is 10.3. The average molecular weight is 414 g/mol. The van der Waals surface area contributed by atoms with Crippen LogP contribution in [0.25, 0.3) is 22.0 Å². The Morgan fingerprint density at radius 3 is 2.81 bits per heavy atom. The third kappa shape index (κ3) is 4.15. The van der Waals surface area contributed by atoms with Crippen molar-refractivity contribution in [2.75, 3.05) is 18.8 Å². The molecule has 3 aromatic heterocycles. The van der Waals surface area contributed by atoms with Crippen molar-refractivity contribution < 1.29 is 9.21 Å². The van der Waals surface area contributed by atoms with Gasteiger partial charge in [0.15, 0.2) is 11.7 Å². The lowest BCUT2D eigenvalue weighted by Crippen LogP contribution is -2.26. The number of hydrogen-bond donors (Lipinski definition) is 2. The minimum atomic E-state index is -0.131. The van der Waals surface area contributed by atoms with Crippen molar-refractivity contribution in [1.82, 2.24) is 25.5 Å². The van der Waals surface area contributed by atoms with E-state index in [0.717, 1.165) is 48.0 Å². The molecule has 1 aliphatic heterocycles. The first-order valence-corrected chi connectivity index (χ1v) is 10.3. The molecule has 0 saturated carbocycles. The van der Waals surface area contributed by atoms with Gasteiger partial charge in [0.25, 0.3) is 0 Å². The van der Waals surface area contributed by atoms with Crippen LogP contribution in [0, 0.1) is 0 Å². The number of nitrogens with zero attached hydrogens (tertiary/aromatic N) is 4. The van der Waals surface area contributed by atoms with E-state index in [0.29, 0.717) is 23.0 Å². The first kappa shape index (κ1) is 19.3. The number of piperidine rings is 1. The van der Waals surface area contributed by atoms with Gasteiger partial charge in [0.1, 0.15) is 12.0 Å². The van der Waals surface area contributed by atoms with Crippen LogP contribution in [0.3, 0.4) is 0 Å². The Morgan fingerprint density at radius 2 is 1.97 bits per heavy atom. The Bertz CT molecular complexity index is 1250. The zero-order valence-electron chi connectivity index (χ0n) is 16.9. The molecule has 0 spiro atoms. The van der Waals surface area contributed by atoms with Gasteiger partial charge in [-0.1, -0.05) is 6.07 Å². The number of anilines is 1. The summed E-state index contributed by atoms with van der Waals surface area (Å²) in [6.07, 6.45) is 6.88. The topological polar surface area (TPSA) is 120 Å². The average Bonchev–Trinajstić information content (AvgIpc) is 3.30. The highest BCUT2D eigenvalue weighted by molar-refractivity contribution is 5.95. The fourth-order valence-corrected chi connectivity index (χ4v) is 3.90. The highest BCUT2D eigenvalue weighted by Gasteiger charge is 2.22. The molecule has 4 heterocycles. The standard InChI is InChI=1S/C23H22N6O2/c24-18-8-17(11-26-12-18)15-1-2-20-16(7-15)9-19(28-29-20)10-22(30)21-13-31-23(27-21)14-3-5-25-6-4-14/h1-2,7-9,11-14,25H,3-6,10,24H2. The van der Waals surface area contributed by atoms with Crippen LogP contribution in [0.15, 0.2) is 53.4 Å². The molecule has 3 N–H and O–H groups in total. The Kier molecular flexibility index (Phi) is 5.13. The van der Waals surface area contributed by atoms with E-state index < -0.39 is 0 Å². The summed E-state index contributed by atoms with van der Waals surface area (Å²) in [5.74, 6) is 0.784. The van der Waals surface area contributed by atoms with Crippen molar-refractivity contribution in [1.29, 1.82) is 0 Å². The number of oxazole rings is 1. The van der Waals surface area contributed by atoms with E-state index in [4.69, 9.17) is 10.2 Å². The molecule has 0 aliphatic carbocycles. The summed E-state index contributed by atoms with van der Waals surface area (Å²) in [6.45, 7) is 1.88. The van der Waals surface area contributed by atoms with Gasteiger partial charge in [-0.15, -0.1) is 0 Å². The van der Waals surface area contributed by atoms with Crippen LogP contribution in [0.2, 0.25) is 0 Å². The Labute approximate surface area is 178 Å². The summed E-state index contributed by atoms with van der Waals surface area (Å²) in [6, 6.07) is 9.61. The highest BCUT2D eigenvalue weighted by atomic mass is 16.3. The van der Waals surface area contributed by atoms with E-state index >= 15 is 0 Å². The molecule has 0 amide bonds. The van der Waals surface area contributed by atoms with E-state index in [1.807, 2.05) is 30.3 Å². The number of carbonyl (C=O) groups excluding carboxylic acids is 1. The van der Waals surface area contributed by atoms with Crippen molar-refractivity contribution in [2.45, 2.75) is 25.2 Å². The largest absolute Gasteiger partial charge is 0.448 e. The Hall–Kier alpha value is -3.65. The molecule has 5 rings (SSSR count). The third-order valence-corrected chi connectivity index (χ3v) is 5.57. The van der Waals surface area contributed by atoms with E-state index in [-0.39, 0.29) is 18.1 Å². The number of rotatable bonds is 5. The van der Waals surface area contributed by atoms with Gasteiger partial charge in [0.05, 0.1) is 23.3 Å². The van der Waals surface area contributed by atoms with Crippen LogP contribution in [0.1, 0.15) is 40.8 Å². The van der Waals surface area contributed by atoms with Gasteiger partial charge in [0, 0.05) is 29.3 Å². The quantitative estimate of drug-likeness (QED) is 0.478. The number of pyridine rings is 1. The maximum Gasteiger partial charge on any atom is 0.197 e. The van der Waals surface area contributed by atoms with Crippen molar-refractivity contribution in [3.05, 3.63) is 66.3 Å². The molecule has 8 heteroatoms. The fourth-order valence-electron chi connectivity index (χ4n) is 3.90.